The van der Waals surface area contributed by atoms with Crippen LogP contribution in [0.5, 0.6) is 17.2 Å². The van der Waals surface area contributed by atoms with E-state index in [1.165, 1.54) is 0 Å². The molecule has 0 spiro atoms. The summed E-state index contributed by atoms with van der Waals surface area (Å²) in [5, 5.41) is 2.01. The highest BCUT2D eigenvalue weighted by Gasteiger charge is 2.42. The molecule has 1 aromatic heterocycles. The van der Waals surface area contributed by atoms with Crippen LogP contribution in [0.1, 0.15) is 65.7 Å². The smallest absolute Gasteiger partial charge is 0.203 e. The van der Waals surface area contributed by atoms with Crippen molar-refractivity contribution in [1.82, 2.24) is 0 Å². The van der Waals surface area contributed by atoms with E-state index in [1.54, 1.807) is 21.3 Å². The van der Waals surface area contributed by atoms with E-state index in [2.05, 4.69) is 31.2 Å². The molecule has 1 aliphatic rings. The molecule has 0 amide bonds. The highest BCUT2D eigenvalue weighted by molar-refractivity contribution is 5.61. The number of hydrogen-bond donors (Lipinski definition) is 0. The number of fused-ring (bicyclic) bond motifs is 1. The van der Waals surface area contributed by atoms with Gasteiger partial charge in [-0.15, -0.1) is 0 Å². The molecule has 38 heavy (non-hydrogen) atoms. The molecule has 0 N–H and O–H groups in total. The number of hydrogen-bond acceptors (Lipinski definition) is 6. The second-order valence-electron chi connectivity index (χ2n) is 9.43. The van der Waals surface area contributed by atoms with Gasteiger partial charge in [-0.25, -0.2) is 5.06 Å². The summed E-state index contributed by atoms with van der Waals surface area (Å²) in [5.41, 5.74) is 5.18. The average molecular weight is 514 g/mol. The fraction of sp³-hybridized carbons (Fsp3) is 0.312. The first kappa shape index (κ1) is 25.7. The minimum atomic E-state index is -0.316. The lowest BCUT2D eigenvalue weighted by Crippen LogP contribution is -2.37. The standard InChI is InChI=1S/C32H35NO5/c1-6-7-18-25-29-28(21(2)37-25)31(22-14-10-8-11-15-22)38-33(24-16-12-9-13-17-24)30(29)23-19-26(34-3)32(36-5)27(20-23)35-4/h8-17,19-20,30-31H,6-7,18H2,1-5H3. The summed E-state index contributed by atoms with van der Waals surface area (Å²) >= 11 is 0. The Morgan fingerprint density at radius 2 is 1.42 bits per heavy atom. The lowest BCUT2D eigenvalue weighted by atomic mass is 9.87. The Morgan fingerprint density at radius 1 is 0.789 bits per heavy atom. The van der Waals surface area contributed by atoms with Crippen LogP contribution >= 0.6 is 0 Å². The van der Waals surface area contributed by atoms with Crippen molar-refractivity contribution in [2.75, 3.05) is 26.4 Å². The molecular weight excluding hydrogens is 478 g/mol. The summed E-state index contributed by atoms with van der Waals surface area (Å²) in [4.78, 5) is 6.91. The maximum absolute atomic E-state index is 6.91. The van der Waals surface area contributed by atoms with E-state index in [9.17, 15) is 0 Å². The number of anilines is 1. The SMILES string of the molecule is CCCCc1oc(C)c2c1C(c1cc(OC)c(OC)c(OC)c1)N(c1ccccc1)OC2c1ccccc1. The van der Waals surface area contributed by atoms with Crippen molar-refractivity contribution in [2.24, 2.45) is 0 Å². The molecule has 0 saturated carbocycles. The van der Waals surface area contributed by atoms with Crippen LogP contribution in [0, 0.1) is 6.92 Å². The summed E-state index contributed by atoms with van der Waals surface area (Å²) in [7, 11) is 4.89. The Kier molecular flexibility index (Phi) is 7.61. The largest absolute Gasteiger partial charge is 0.493 e. The van der Waals surface area contributed by atoms with Gasteiger partial charge in [0.25, 0.3) is 0 Å². The molecule has 2 heterocycles. The molecular formula is C32H35NO5. The van der Waals surface area contributed by atoms with Gasteiger partial charge in [0, 0.05) is 17.5 Å². The van der Waals surface area contributed by atoms with Crippen LogP contribution < -0.4 is 19.3 Å². The highest BCUT2D eigenvalue weighted by atomic mass is 16.7. The zero-order valence-electron chi connectivity index (χ0n) is 22.7. The maximum Gasteiger partial charge on any atom is 0.203 e. The number of unbranched alkanes of at least 4 members (excludes halogenated alkanes) is 1. The van der Waals surface area contributed by atoms with Crippen LogP contribution in [0.15, 0.2) is 77.2 Å². The van der Waals surface area contributed by atoms with E-state index in [0.717, 1.165) is 58.7 Å². The Labute approximate surface area is 224 Å². The summed E-state index contributed by atoms with van der Waals surface area (Å²) in [5.74, 6) is 3.61. The number of para-hydroxylation sites is 1. The molecule has 198 valence electrons. The number of benzene rings is 3. The number of aryl methyl sites for hydroxylation is 2. The quantitative estimate of drug-likeness (QED) is 0.230. The van der Waals surface area contributed by atoms with Crippen LogP contribution in [-0.2, 0) is 11.3 Å². The van der Waals surface area contributed by atoms with Crippen molar-refractivity contribution in [3.8, 4) is 17.2 Å². The lowest BCUT2D eigenvalue weighted by Gasteiger charge is -2.41. The second-order valence-corrected chi connectivity index (χ2v) is 9.43. The fourth-order valence-electron chi connectivity index (χ4n) is 5.33. The van der Waals surface area contributed by atoms with Crippen LogP contribution in [-0.4, -0.2) is 21.3 Å². The zero-order chi connectivity index (χ0) is 26.6. The molecule has 6 nitrogen and oxygen atoms in total. The molecule has 0 bridgehead atoms. The fourth-order valence-corrected chi connectivity index (χ4v) is 5.33. The van der Waals surface area contributed by atoms with Gasteiger partial charge in [-0.2, -0.15) is 0 Å². The van der Waals surface area contributed by atoms with Gasteiger partial charge >= 0.3 is 0 Å². The van der Waals surface area contributed by atoms with Crippen molar-refractivity contribution < 1.29 is 23.5 Å². The van der Waals surface area contributed by atoms with Crippen molar-refractivity contribution in [1.29, 1.82) is 0 Å². The Balaban J connectivity index is 1.80. The van der Waals surface area contributed by atoms with Crippen molar-refractivity contribution >= 4 is 5.69 Å². The first-order valence-electron chi connectivity index (χ1n) is 13.1. The minimum absolute atomic E-state index is 0.301. The van der Waals surface area contributed by atoms with Gasteiger partial charge in [-0.05, 0) is 48.7 Å². The molecule has 0 fully saturated rings. The van der Waals surface area contributed by atoms with E-state index in [-0.39, 0.29) is 12.1 Å². The summed E-state index contributed by atoms with van der Waals surface area (Å²) in [6.45, 7) is 4.24. The lowest BCUT2D eigenvalue weighted by molar-refractivity contribution is 0.0303. The number of ether oxygens (including phenoxy) is 3. The molecule has 2 atom stereocenters. The Morgan fingerprint density at radius 3 is 2.00 bits per heavy atom. The minimum Gasteiger partial charge on any atom is -0.493 e. The molecule has 1 aliphatic heterocycles. The molecule has 5 rings (SSSR count). The first-order chi connectivity index (χ1) is 18.6. The first-order valence-corrected chi connectivity index (χ1v) is 13.1. The number of nitrogens with zero attached hydrogens (tertiary/aromatic N) is 1. The molecule has 2 unspecified atom stereocenters. The topological polar surface area (TPSA) is 53.3 Å². The Bertz CT molecular complexity index is 1340. The second kappa shape index (κ2) is 11.2. The molecule has 0 saturated heterocycles. The molecule has 0 radical (unpaired) electrons. The van der Waals surface area contributed by atoms with Crippen molar-refractivity contribution in [3.05, 3.63) is 107 Å². The average Bonchev–Trinajstić information content (AvgIpc) is 3.30. The number of rotatable bonds is 9. The van der Waals surface area contributed by atoms with E-state index in [4.69, 9.17) is 23.5 Å². The van der Waals surface area contributed by atoms with Gasteiger partial charge in [0.1, 0.15) is 23.7 Å². The summed E-state index contributed by atoms with van der Waals surface area (Å²) in [6.07, 6.45) is 2.63. The maximum atomic E-state index is 6.91. The van der Waals surface area contributed by atoms with Crippen LogP contribution in [0.3, 0.4) is 0 Å². The third kappa shape index (κ3) is 4.61. The third-order valence-electron chi connectivity index (χ3n) is 7.11. The Hall–Kier alpha value is -3.90. The van der Waals surface area contributed by atoms with Crippen molar-refractivity contribution in [3.63, 3.8) is 0 Å². The van der Waals surface area contributed by atoms with E-state index in [1.807, 2.05) is 60.5 Å². The van der Waals surface area contributed by atoms with Gasteiger partial charge in [0.2, 0.25) is 5.75 Å². The number of furan rings is 1. The monoisotopic (exact) mass is 513 g/mol. The third-order valence-corrected chi connectivity index (χ3v) is 7.11. The normalized spacial score (nSPS) is 16.7. The van der Waals surface area contributed by atoms with Gasteiger partial charge in [-0.1, -0.05) is 61.9 Å². The highest BCUT2D eigenvalue weighted by Crippen LogP contribution is 2.51. The zero-order valence-corrected chi connectivity index (χ0v) is 22.7. The van der Waals surface area contributed by atoms with E-state index >= 15 is 0 Å². The van der Waals surface area contributed by atoms with Crippen LogP contribution in [0.4, 0.5) is 5.69 Å². The predicted molar refractivity (Wildman–Crippen MR) is 148 cm³/mol. The summed E-state index contributed by atoms with van der Waals surface area (Å²) in [6, 6.07) is 24.2. The van der Waals surface area contributed by atoms with Gasteiger partial charge in [-0.3, -0.25) is 4.84 Å². The van der Waals surface area contributed by atoms with Crippen molar-refractivity contribution in [2.45, 2.75) is 45.3 Å². The van der Waals surface area contributed by atoms with E-state index < -0.39 is 0 Å². The molecule has 4 aromatic rings. The van der Waals surface area contributed by atoms with Crippen LogP contribution in [0.2, 0.25) is 0 Å². The number of hydroxylamine groups is 1. The van der Waals surface area contributed by atoms with Gasteiger partial charge in [0.15, 0.2) is 11.5 Å². The predicted octanol–water partition coefficient (Wildman–Crippen LogP) is 7.59. The van der Waals surface area contributed by atoms with Gasteiger partial charge < -0.3 is 18.6 Å². The summed E-state index contributed by atoms with van der Waals surface area (Å²) < 4.78 is 23.6. The van der Waals surface area contributed by atoms with Gasteiger partial charge in [0.05, 0.1) is 27.0 Å². The molecule has 6 heteroatoms. The van der Waals surface area contributed by atoms with E-state index in [0.29, 0.717) is 17.2 Å². The molecule has 0 aliphatic carbocycles. The van der Waals surface area contributed by atoms with Crippen LogP contribution in [0.25, 0.3) is 0 Å². The number of methoxy groups -OCH3 is 3. The molecule has 3 aromatic carbocycles.